The van der Waals surface area contributed by atoms with Gasteiger partial charge in [0.1, 0.15) is 5.75 Å². The van der Waals surface area contributed by atoms with Crippen LogP contribution in [0, 0.1) is 0 Å². The average Bonchev–Trinajstić information content (AvgIpc) is 2.99. The van der Waals surface area contributed by atoms with Crippen molar-refractivity contribution >= 4 is 16.8 Å². The molecule has 0 saturated carbocycles. The molecule has 0 spiro atoms. The van der Waals surface area contributed by atoms with Gasteiger partial charge in [0.15, 0.2) is 11.5 Å². The third-order valence-electron chi connectivity index (χ3n) is 4.01. The predicted octanol–water partition coefficient (Wildman–Crippen LogP) is 3.99. The van der Waals surface area contributed by atoms with Crippen LogP contribution >= 0.6 is 0 Å². The number of carbonyl (C=O) groups is 1. The number of nitrogens with zero attached hydrogens (tertiary/aromatic N) is 1. The summed E-state index contributed by atoms with van der Waals surface area (Å²) in [6.07, 6.45) is 0. The molecule has 24 heavy (non-hydrogen) atoms. The molecule has 0 saturated heterocycles. The van der Waals surface area contributed by atoms with Gasteiger partial charge in [-0.05, 0) is 18.2 Å². The quantitative estimate of drug-likeness (QED) is 0.727. The maximum absolute atomic E-state index is 12.3. The molecule has 3 rings (SSSR count). The van der Waals surface area contributed by atoms with Gasteiger partial charge in [0.2, 0.25) is 5.91 Å². The number of ether oxygens (including phenoxy) is 3. The second kappa shape index (κ2) is 6.28. The van der Waals surface area contributed by atoms with Crippen LogP contribution in [-0.2, 0) is 0 Å². The van der Waals surface area contributed by atoms with E-state index in [4.69, 9.17) is 14.2 Å². The van der Waals surface area contributed by atoms with Gasteiger partial charge in [-0.15, -0.1) is 0 Å². The van der Waals surface area contributed by atoms with E-state index in [1.807, 2.05) is 36.4 Å². The normalized spacial score (nSPS) is 10.7. The third-order valence-corrected chi connectivity index (χ3v) is 4.01. The van der Waals surface area contributed by atoms with Crippen molar-refractivity contribution in [2.75, 3.05) is 21.3 Å². The molecule has 0 atom stereocenters. The number of para-hydroxylation sites is 1. The molecule has 0 unspecified atom stereocenters. The van der Waals surface area contributed by atoms with Crippen LogP contribution in [0.25, 0.3) is 22.2 Å². The Balaban J connectivity index is 2.35. The van der Waals surface area contributed by atoms with Gasteiger partial charge in [-0.25, -0.2) is 0 Å². The number of methoxy groups -OCH3 is 3. The summed E-state index contributed by atoms with van der Waals surface area (Å²) in [5, 5.41) is 0.986. The second-order valence-corrected chi connectivity index (χ2v) is 5.35. The van der Waals surface area contributed by atoms with Crippen molar-refractivity contribution in [2.24, 2.45) is 0 Å². The molecule has 2 aromatic carbocycles. The van der Waals surface area contributed by atoms with Gasteiger partial charge in [-0.1, -0.05) is 18.2 Å². The highest BCUT2D eigenvalue weighted by atomic mass is 16.5. The lowest BCUT2D eigenvalue weighted by atomic mass is 10.1. The zero-order valence-electron chi connectivity index (χ0n) is 14.1. The summed E-state index contributed by atoms with van der Waals surface area (Å²) in [5.74, 6) is 1.69. The van der Waals surface area contributed by atoms with Crippen molar-refractivity contribution in [3.05, 3.63) is 42.5 Å². The summed E-state index contributed by atoms with van der Waals surface area (Å²) >= 11 is 0. The van der Waals surface area contributed by atoms with E-state index in [1.165, 1.54) is 0 Å². The number of carbonyl (C=O) groups excluding carboxylic acids is 1. The van der Waals surface area contributed by atoms with Gasteiger partial charge in [0.25, 0.3) is 0 Å². The Kier molecular flexibility index (Phi) is 4.16. The van der Waals surface area contributed by atoms with Gasteiger partial charge in [-0.3, -0.25) is 9.36 Å². The number of aromatic nitrogens is 1. The van der Waals surface area contributed by atoms with Crippen molar-refractivity contribution in [1.82, 2.24) is 4.57 Å². The molecule has 0 bridgehead atoms. The van der Waals surface area contributed by atoms with Gasteiger partial charge >= 0.3 is 0 Å². The lowest BCUT2D eigenvalue weighted by Gasteiger charge is -2.15. The zero-order valence-corrected chi connectivity index (χ0v) is 14.1. The molecule has 0 amide bonds. The van der Waals surface area contributed by atoms with E-state index in [9.17, 15) is 4.79 Å². The Hall–Kier alpha value is -2.95. The zero-order chi connectivity index (χ0) is 17.3. The van der Waals surface area contributed by atoms with Crippen LogP contribution in [0.15, 0.2) is 42.5 Å². The molecule has 3 aromatic rings. The highest BCUT2D eigenvalue weighted by Gasteiger charge is 2.19. The van der Waals surface area contributed by atoms with E-state index >= 15 is 0 Å². The fourth-order valence-corrected chi connectivity index (χ4v) is 2.92. The van der Waals surface area contributed by atoms with E-state index in [0.29, 0.717) is 17.2 Å². The molecule has 5 nitrogen and oxygen atoms in total. The van der Waals surface area contributed by atoms with E-state index in [0.717, 1.165) is 22.2 Å². The topological polar surface area (TPSA) is 49.7 Å². The van der Waals surface area contributed by atoms with Crippen LogP contribution < -0.4 is 14.2 Å². The average molecular weight is 325 g/mol. The van der Waals surface area contributed by atoms with Crippen LogP contribution in [0.5, 0.6) is 17.2 Å². The molecule has 0 aliphatic carbocycles. The number of hydrogen-bond donors (Lipinski definition) is 0. The van der Waals surface area contributed by atoms with Crippen molar-refractivity contribution in [2.45, 2.75) is 6.92 Å². The lowest BCUT2D eigenvalue weighted by molar-refractivity contribution is 0.0943. The summed E-state index contributed by atoms with van der Waals surface area (Å²) in [4.78, 5) is 12.3. The summed E-state index contributed by atoms with van der Waals surface area (Å²) in [5.41, 5.74) is 2.37. The Morgan fingerprint density at radius 1 is 0.875 bits per heavy atom. The van der Waals surface area contributed by atoms with Crippen LogP contribution in [-0.4, -0.2) is 31.8 Å². The Morgan fingerprint density at radius 2 is 1.50 bits per heavy atom. The number of fused-ring (bicyclic) bond motifs is 1. The molecule has 1 aromatic heterocycles. The number of rotatable bonds is 4. The maximum Gasteiger partial charge on any atom is 0.228 e. The molecule has 0 radical (unpaired) electrons. The van der Waals surface area contributed by atoms with Crippen molar-refractivity contribution in [1.29, 1.82) is 0 Å². The molecule has 0 fully saturated rings. The van der Waals surface area contributed by atoms with Gasteiger partial charge in [0, 0.05) is 23.9 Å². The standard InChI is InChI=1S/C19H19NO4/c1-12(21)20-15-8-6-5-7-13(15)9-16(20)14-10-18(23-3)19(24-4)11-17(14)22-2/h5-11H,1-4H3. The molecule has 1 heterocycles. The van der Waals surface area contributed by atoms with Crippen LogP contribution in [0.1, 0.15) is 11.7 Å². The summed E-state index contributed by atoms with van der Waals surface area (Å²) in [6, 6.07) is 13.3. The first-order valence-corrected chi connectivity index (χ1v) is 7.52. The van der Waals surface area contributed by atoms with Crippen molar-refractivity contribution in [3.63, 3.8) is 0 Å². The first-order chi connectivity index (χ1) is 11.6. The highest BCUT2D eigenvalue weighted by molar-refractivity contribution is 5.98. The summed E-state index contributed by atoms with van der Waals surface area (Å²) in [7, 11) is 4.74. The highest BCUT2D eigenvalue weighted by Crippen LogP contribution is 2.41. The molecule has 124 valence electrons. The summed E-state index contributed by atoms with van der Waals surface area (Å²) < 4.78 is 17.9. The number of hydrogen-bond acceptors (Lipinski definition) is 4. The first kappa shape index (κ1) is 15.9. The maximum atomic E-state index is 12.3. The van der Waals surface area contributed by atoms with Crippen LogP contribution in [0.2, 0.25) is 0 Å². The van der Waals surface area contributed by atoms with Crippen LogP contribution in [0.4, 0.5) is 0 Å². The van der Waals surface area contributed by atoms with Crippen molar-refractivity contribution in [3.8, 4) is 28.5 Å². The molecule has 5 heteroatoms. The molecule has 0 N–H and O–H groups in total. The Morgan fingerprint density at radius 3 is 2.12 bits per heavy atom. The summed E-state index contributed by atoms with van der Waals surface area (Å²) in [6.45, 7) is 1.54. The first-order valence-electron chi connectivity index (χ1n) is 7.52. The SMILES string of the molecule is COc1cc(OC)c(-c2cc3ccccc3n2C(C)=O)cc1OC. The minimum atomic E-state index is -0.0666. The van der Waals surface area contributed by atoms with E-state index in [-0.39, 0.29) is 5.91 Å². The largest absolute Gasteiger partial charge is 0.496 e. The number of benzene rings is 2. The van der Waals surface area contributed by atoms with E-state index in [2.05, 4.69) is 0 Å². The van der Waals surface area contributed by atoms with Crippen LogP contribution in [0.3, 0.4) is 0 Å². The van der Waals surface area contributed by atoms with E-state index < -0.39 is 0 Å². The minimum Gasteiger partial charge on any atom is -0.496 e. The molecule has 0 aliphatic rings. The smallest absolute Gasteiger partial charge is 0.228 e. The Bertz CT molecular complexity index is 911. The monoisotopic (exact) mass is 325 g/mol. The fraction of sp³-hybridized carbons (Fsp3) is 0.211. The predicted molar refractivity (Wildman–Crippen MR) is 93.3 cm³/mol. The minimum absolute atomic E-state index is 0.0666. The van der Waals surface area contributed by atoms with Crippen molar-refractivity contribution < 1.29 is 19.0 Å². The fourth-order valence-electron chi connectivity index (χ4n) is 2.92. The molecule has 0 aliphatic heterocycles. The molecular formula is C19H19NO4. The van der Waals surface area contributed by atoms with Gasteiger partial charge in [0.05, 0.1) is 32.5 Å². The second-order valence-electron chi connectivity index (χ2n) is 5.35. The third kappa shape index (κ3) is 2.48. The Labute approximate surface area is 140 Å². The van der Waals surface area contributed by atoms with Gasteiger partial charge in [-0.2, -0.15) is 0 Å². The van der Waals surface area contributed by atoms with Gasteiger partial charge < -0.3 is 14.2 Å². The molecular weight excluding hydrogens is 306 g/mol. The van der Waals surface area contributed by atoms with E-state index in [1.54, 1.807) is 38.9 Å². The lowest BCUT2D eigenvalue weighted by Crippen LogP contribution is -2.07.